The van der Waals surface area contributed by atoms with Gasteiger partial charge in [-0.05, 0) is 53.7 Å². The van der Waals surface area contributed by atoms with Gasteiger partial charge in [0.1, 0.15) is 0 Å². The van der Waals surface area contributed by atoms with Gasteiger partial charge in [-0.3, -0.25) is 0 Å². The van der Waals surface area contributed by atoms with Crippen LogP contribution in [-0.2, 0) is 12.8 Å². The number of nitrogens with one attached hydrogen (secondary N) is 2. The maximum Gasteiger partial charge on any atom is 0.211 e. The summed E-state index contributed by atoms with van der Waals surface area (Å²) in [6.45, 7) is 9.71. The van der Waals surface area contributed by atoms with Crippen LogP contribution in [0.5, 0.6) is 0 Å². The van der Waals surface area contributed by atoms with Gasteiger partial charge in [0.15, 0.2) is 0 Å². The number of H-pyrrole nitrogens is 1. The summed E-state index contributed by atoms with van der Waals surface area (Å²) in [5, 5.41) is 8.17. The molecule has 0 amide bonds. The number of imidazole rings is 1. The van der Waals surface area contributed by atoms with Crippen LogP contribution in [0.25, 0.3) is 22.1 Å². The first-order chi connectivity index (χ1) is 17.0. The van der Waals surface area contributed by atoms with Crippen LogP contribution in [0.2, 0.25) is 0 Å². The van der Waals surface area contributed by atoms with E-state index in [-0.39, 0.29) is 37.2 Å². The van der Waals surface area contributed by atoms with E-state index in [0.717, 1.165) is 73.8 Å². The van der Waals surface area contributed by atoms with E-state index >= 15 is 0 Å². The topological polar surface area (TPSA) is 84.1 Å². The second-order valence-electron chi connectivity index (χ2n) is 9.79. The van der Waals surface area contributed by atoms with Gasteiger partial charge >= 0.3 is 0 Å². The standard InChI is InChI=1S/C28H31BrN6.U/c1-3-35(29)28-33-25-12-7-18-15-17(6-8-20(18)27(25)34-28)19-9-10-22-21(19)11-13-24(26(22)30)32-16(2)23-5-4-14-31-23;/h6,8-10,15,21,23,32H,1-5,7,11-14,30H2,(H,33,34);/q-2;. The van der Waals surface area contributed by atoms with E-state index in [1.807, 2.05) is 3.93 Å². The van der Waals surface area contributed by atoms with Crippen LogP contribution in [-0.4, -0.2) is 29.1 Å². The molecule has 0 bridgehead atoms. The number of aromatic nitrogens is 2. The van der Waals surface area contributed by atoms with Gasteiger partial charge in [0, 0.05) is 70.1 Å². The number of aromatic amines is 1. The average molecular weight is 770 g/mol. The number of fused-ring (bicyclic) bond motifs is 4. The number of allylic oxidation sites excluding steroid dienone is 5. The van der Waals surface area contributed by atoms with E-state index in [4.69, 9.17) is 10.7 Å². The van der Waals surface area contributed by atoms with Gasteiger partial charge < -0.3 is 32.2 Å². The zero-order valence-corrected chi connectivity index (χ0v) is 26.2. The second kappa shape index (κ2) is 10.6. The molecule has 8 heteroatoms. The summed E-state index contributed by atoms with van der Waals surface area (Å²) in [6.07, 6.45) is 10.6. The van der Waals surface area contributed by atoms with E-state index in [1.54, 1.807) is 0 Å². The smallest absolute Gasteiger partial charge is 0.211 e. The summed E-state index contributed by atoms with van der Waals surface area (Å²) in [6, 6.07) is 7.06. The van der Waals surface area contributed by atoms with Crippen LogP contribution in [0, 0.1) is 44.0 Å². The first-order valence-electron chi connectivity index (χ1n) is 12.5. The van der Waals surface area contributed by atoms with Gasteiger partial charge in [0.2, 0.25) is 5.95 Å². The first-order valence-corrected chi connectivity index (χ1v) is 13.2. The minimum atomic E-state index is 0. The Morgan fingerprint density at radius 3 is 2.86 bits per heavy atom. The quantitative estimate of drug-likeness (QED) is 0.262. The largest absolute Gasteiger partial charge is 0.655 e. The second-order valence-corrected chi connectivity index (χ2v) is 10.6. The van der Waals surface area contributed by atoms with Crippen LogP contribution in [0.3, 0.4) is 0 Å². The third kappa shape index (κ3) is 4.55. The Balaban J connectivity index is 0.00000267. The van der Waals surface area contributed by atoms with Crippen molar-refractivity contribution in [2.75, 3.05) is 17.0 Å². The maximum absolute atomic E-state index is 6.67. The average Bonchev–Trinajstić information content (AvgIpc) is 3.64. The minimum Gasteiger partial charge on any atom is -0.655 e. The molecule has 2 heterocycles. The van der Waals surface area contributed by atoms with Gasteiger partial charge in [-0.25, -0.2) is 4.98 Å². The third-order valence-electron chi connectivity index (χ3n) is 7.74. The number of rotatable bonds is 6. The molecular weight excluding hydrogens is 738 g/mol. The molecule has 2 atom stereocenters. The fourth-order valence-corrected chi connectivity index (χ4v) is 6.04. The molecule has 6 rings (SSSR count). The first kappa shape index (κ1) is 25.9. The Morgan fingerprint density at radius 1 is 1.25 bits per heavy atom. The zero-order valence-electron chi connectivity index (χ0n) is 20.4. The molecule has 1 fully saturated rings. The van der Waals surface area contributed by atoms with Crippen molar-refractivity contribution in [2.24, 2.45) is 11.7 Å². The van der Waals surface area contributed by atoms with Crippen molar-refractivity contribution < 1.29 is 31.1 Å². The van der Waals surface area contributed by atoms with E-state index in [2.05, 4.69) is 75.6 Å². The SMILES string of the molecule is C=C(NC1=C(N)C2=CC=C(c3ccc4c(c3)CCc3[nH]c(N(Br)C[CH2-])nc3-4)C2CC1)C1CCC[N-]1.[U]. The number of anilines is 1. The summed E-state index contributed by atoms with van der Waals surface area (Å²) >= 11 is 3.51. The van der Waals surface area contributed by atoms with E-state index < -0.39 is 0 Å². The Morgan fingerprint density at radius 2 is 2.08 bits per heavy atom. The van der Waals surface area contributed by atoms with Gasteiger partial charge in [0.25, 0.3) is 0 Å². The van der Waals surface area contributed by atoms with E-state index in [1.165, 1.54) is 33.5 Å². The van der Waals surface area contributed by atoms with Crippen molar-refractivity contribution in [2.45, 2.75) is 44.6 Å². The molecule has 0 radical (unpaired) electrons. The Bertz CT molecular complexity index is 1280. The van der Waals surface area contributed by atoms with E-state index in [0.29, 0.717) is 12.5 Å². The molecule has 36 heavy (non-hydrogen) atoms. The molecule has 2 aromatic rings. The Labute approximate surface area is 245 Å². The number of halogens is 1. The number of nitrogens with zero attached hydrogens (tertiary/aromatic N) is 3. The molecule has 1 aromatic heterocycles. The summed E-state index contributed by atoms with van der Waals surface area (Å²) in [5.41, 5.74) is 18.4. The normalized spacial score (nSPS) is 22.2. The van der Waals surface area contributed by atoms with Gasteiger partial charge in [-0.15, -0.1) is 6.54 Å². The number of hydrogen-bond acceptors (Lipinski definition) is 4. The molecule has 4 aliphatic rings. The van der Waals surface area contributed by atoms with Crippen LogP contribution < -0.4 is 15.0 Å². The molecule has 1 aliphatic heterocycles. The van der Waals surface area contributed by atoms with E-state index in [9.17, 15) is 0 Å². The molecule has 1 aromatic carbocycles. The fourth-order valence-electron chi connectivity index (χ4n) is 5.87. The number of aryl methyl sites for hydroxylation is 2. The Hall–Kier alpha value is -1.72. The maximum atomic E-state index is 6.67. The van der Waals surface area contributed by atoms with Crippen molar-refractivity contribution in [3.63, 3.8) is 0 Å². The van der Waals surface area contributed by atoms with Crippen molar-refractivity contribution in [1.29, 1.82) is 0 Å². The predicted octanol–water partition coefficient (Wildman–Crippen LogP) is 5.67. The van der Waals surface area contributed by atoms with Crippen molar-refractivity contribution in [3.8, 4) is 11.3 Å². The molecule has 3 aliphatic carbocycles. The molecule has 6 nitrogen and oxygen atoms in total. The molecule has 2 unspecified atom stereocenters. The van der Waals surface area contributed by atoms with Gasteiger partial charge in [-0.2, -0.15) is 0 Å². The van der Waals surface area contributed by atoms with Crippen LogP contribution in [0.15, 0.2) is 59.6 Å². The molecule has 0 spiro atoms. The summed E-state index contributed by atoms with van der Waals surface area (Å²) in [5.74, 6) is 1.16. The van der Waals surface area contributed by atoms with Crippen molar-refractivity contribution in [3.05, 3.63) is 88.7 Å². The molecule has 4 N–H and O–H groups in total. The summed E-state index contributed by atoms with van der Waals surface area (Å²) < 4.78 is 1.86. The Kier molecular flexibility index (Phi) is 7.61. The fraction of sp³-hybridized carbons (Fsp3) is 0.357. The number of benzene rings is 1. The van der Waals surface area contributed by atoms with Crippen LogP contribution >= 0.6 is 16.1 Å². The zero-order chi connectivity index (χ0) is 24.1. The molecule has 0 saturated carbocycles. The molecule has 1 saturated heterocycles. The monoisotopic (exact) mass is 768 g/mol. The molecule has 186 valence electrons. The van der Waals surface area contributed by atoms with Crippen molar-refractivity contribution >= 4 is 27.7 Å². The summed E-state index contributed by atoms with van der Waals surface area (Å²) in [7, 11) is 0. The molecular formula is C28H31BrN6U-2. The third-order valence-corrected chi connectivity index (χ3v) is 8.43. The van der Waals surface area contributed by atoms with Gasteiger partial charge in [0.05, 0.1) is 11.4 Å². The predicted molar refractivity (Wildman–Crippen MR) is 147 cm³/mol. The van der Waals surface area contributed by atoms with Crippen molar-refractivity contribution in [1.82, 2.24) is 15.3 Å². The van der Waals surface area contributed by atoms with Crippen LogP contribution in [0.1, 0.15) is 42.5 Å². The number of nitrogens with two attached hydrogens (primary N) is 1. The summed E-state index contributed by atoms with van der Waals surface area (Å²) in [4.78, 5) is 8.28. The van der Waals surface area contributed by atoms with Gasteiger partial charge in [-0.1, -0.05) is 62.4 Å². The number of hydrogen-bond donors (Lipinski definition) is 3. The van der Waals surface area contributed by atoms with Crippen LogP contribution in [0.4, 0.5) is 5.95 Å². The minimum absolute atomic E-state index is 0.